The van der Waals surface area contributed by atoms with Gasteiger partial charge < -0.3 is 58.9 Å². The molecule has 0 unspecified atom stereocenters. The molecule has 0 aromatic heterocycles. The highest BCUT2D eigenvalue weighted by Gasteiger charge is 2.52. The van der Waals surface area contributed by atoms with Crippen LogP contribution in [-0.2, 0) is 38.0 Å². The lowest BCUT2D eigenvalue weighted by molar-refractivity contribution is -0.311. The average Bonchev–Trinajstić information content (AvgIpc) is 3.03. The van der Waals surface area contributed by atoms with Crippen molar-refractivity contribution in [2.75, 3.05) is 20.7 Å². The van der Waals surface area contributed by atoms with Crippen LogP contribution in [-0.4, -0.2) is 147 Å². The number of likely N-dealkylation sites (N-methyl/N-ethyl adjacent to an activating group) is 1. The van der Waals surface area contributed by atoms with E-state index in [2.05, 4.69) is 0 Å². The van der Waals surface area contributed by atoms with Crippen molar-refractivity contribution in [1.82, 2.24) is 4.90 Å². The maximum Gasteiger partial charge on any atom is 0.311 e. The van der Waals surface area contributed by atoms with E-state index >= 15 is 0 Å². The number of cyclic esters (lactones) is 1. The summed E-state index contributed by atoms with van der Waals surface area (Å²) in [6.07, 6.45) is -10.4. The number of carbonyl (C=O) groups is 2. The number of rotatable bonds is 6. The van der Waals surface area contributed by atoms with Crippen LogP contribution in [0.25, 0.3) is 0 Å². The molecule has 0 spiro atoms. The highest BCUT2D eigenvalue weighted by molar-refractivity contribution is 5.84. The SMILES string of the molecule is CC[C@H]1OC(=O)[C@@H](C)[C@@H](O[C@H]2C[C@@](C)(OC)[C@@H](O)[C@H](C)O2)[C@H](C)[C@@H](O[C@@H]2O[C@H](C)CC(=O)[C@@H]2O)[C@](C)(O)C[C@@H](C)CN(C)[C@H](C)[C@@H](O)[C@]1(C)O. The number of hydrogen-bond acceptors (Lipinski definition) is 14. The third-order valence-corrected chi connectivity index (χ3v) is 11.4. The summed E-state index contributed by atoms with van der Waals surface area (Å²) in [6, 6.07) is -0.566. The van der Waals surface area contributed by atoms with Gasteiger partial charge in [0.2, 0.25) is 0 Å². The Bertz CT molecular complexity index is 1140. The van der Waals surface area contributed by atoms with Crippen LogP contribution in [0.1, 0.15) is 94.9 Å². The molecule has 3 rings (SSSR count). The second kappa shape index (κ2) is 16.8. The maximum atomic E-state index is 14.1. The Kier molecular flexibility index (Phi) is 14.5. The molecule has 5 N–H and O–H groups in total. The Labute approximate surface area is 297 Å². The molecule has 0 aliphatic carbocycles. The zero-order valence-corrected chi connectivity index (χ0v) is 32.1. The van der Waals surface area contributed by atoms with Crippen molar-refractivity contribution in [1.29, 1.82) is 0 Å². The largest absolute Gasteiger partial charge is 0.459 e. The smallest absolute Gasteiger partial charge is 0.311 e. The molecule has 3 aliphatic heterocycles. The van der Waals surface area contributed by atoms with Crippen molar-refractivity contribution in [2.24, 2.45) is 17.8 Å². The number of carbonyl (C=O) groups excluding carboxylic acids is 2. The number of methoxy groups -OCH3 is 1. The highest BCUT2D eigenvalue weighted by Crippen LogP contribution is 2.39. The van der Waals surface area contributed by atoms with Crippen LogP contribution in [0.2, 0.25) is 0 Å². The van der Waals surface area contributed by atoms with Gasteiger partial charge >= 0.3 is 5.97 Å². The summed E-state index contributed by atoms with van der Waals surface area (Å²) in [5.74, 6) is -3.28. The van der Waals surface area contributed by atoms with Gasteiger partial charge in [-0.1, -0.05) is 20.8 Å². The van der Waals surface area contributed by atoms with E-state index in [0.29, 0.717) is 6.54 Å². The summed E-state index contributed by atoms with van der Waals surface area (Å²) >= 11 is 0. The Morgan fingerprint density at radius 1 is 0.920 bits per heavy atom. The van der Waals surface area contributed by atoms with Gasteiger partial charge in [-0.15, -0.1) is 0 Å². The minimum Gasteiger partial charge on any atom is -0.459 e. The van der Waals surface area contributed by atoms with Gasteiger partial charge in [0.05, 0.1) is 41.5 Å². The molecule has 3 aliphatic rings. The van der Waals surface area contributed by atoms with Crippen LogP contribution in [0.4, 0.5) is 0 Å². The van der Waals surface area contributed by atoms with Crippen molar-refractivity contribution in [3.63, 3.8) is 0 Å². The first-order valence-corrected chi connectivity index (χ1v) is 18.1. The molecule has 0 aromatic rings. The van der Waals surface area contributed by atoms with Crippen LogP contribution < -0.4 is 0 Å². The molecule has 0 bridgehead atoms. The average molecular weight is 720 g/mol. The summed E-state index contributed by atoms with van der Waals surface area (Å²) in [6.45, 7) is 17.3. The minimum absolute atomic E-state index is 0.00332. The Morgan fingerprint density at radius 3 is 2.12 bits per heavy atom. The number of ketones is 1. The van der Waals surface area contributed by atoms with Crippen LogP contribution in [0, 0.1) is 17.8 Å². The summed E-state index contributed by atoms with van der Waals surface area (Å²) < 4.78 is 36.6. The molecule has 0 saturated carbocycles. The van der Waals surface area contributed by atoms with Gasteiger partial charge in [-0.05, 0) is 74.3 Å². The van der Waals surface area contributed by atoms with Crippen molar-refractivity contribution in [2.45, 2.75) is 179 Å². The molecule has 14 heteroatoms. The van der Waals surface area contributed by atoms with Crippen LogP contribution in [0.5, 0.6) is 0 Å². The Morgan fingerprint density at radius 2 is 1.54 bits per heavy atom. The molecule has 3 saturated heterocycles. The lowest BCUT2D eigenvalue weighted by Gasteiger charge is -2.48. The normalized spacial score (nSPS) is 49.5. The van der Waals surface area contributed by atoms with E-state index in [1.54, 1.807) is 62.4 Å². The molecule has 0 aromatic carbocycles. The molecule has 14 nitrogen and oxygen atoms in total. The zero-order chi connectivity index (χ0) is 38.1. The molecular formula is C36H65NO13. The van der Waals surface area contributed by atoms with Gasteiger partial charge in [0.15, 0.2) is 24.5 Å². The van der Waals surface area contributed by atoms with Gasteiger partial charge in [0.1, 0.15) is 23.9 Å². The van der Waals surface area contributed by atoms with E-state index < -0.39 is 108 Å². The Hall–Kier alpha value is -1.30. The van der Waals surface area contributed by atoms with Crippen LogP contribution in [0.15, 0.2) is 0 Å². The van der Waals surface area contributed by atoms with E-state index in [1.807, 2.05) is 11.8 Å². The molecule has 50 heavy (non-hydrogen) atoms. The third-order valence-electron chi connectivity index (χ3n) is 11.4. The summed E-state index contributed by atoms with van der Waals surface area (Å²) in [5, 5.41) is 57.1. The number of esters is 1. The van der Waals surface area contributed by atoms with Crippen molar-refractivity contribution < 1.29 is 63.5 Å². The lowest BCUT2D eigenvalue weighted by atomic mass is 9.77. The molecule has 17 atom stereocenters. The van der Waals surface area contributed by atoms with Crippen molar-refractivity contribution >= 4 is 11.8 Å². The zero-order valence-electron chi connectivity index (χ0n) is 32.1. The number of Topliss-reactive ketones (excluding diaryl/α,β-unsaturated/α-hetero) is 1. The molecule has 0 radical (unpaired) electrons. The van der Waals surface area contributed by atoms with Crippen molar-refractivity contribution in [3.8, 4) is 0 Å². The first-order chi connectivity index (χ1) is 23.0. The van der Waals surface area contributed by atoms with E-state index in [0.717, 1.165) is 0 Å². The van der Waals surface area contributed by atoms with E-state index in [4.69, 9.17) is 28.4 Å². The van der Waals surface area contributed by atoms with Gasteiger partial charge in [0, 0.05) is 38.5 Å². The first kappa shape index (κ1) is 43.1. The van der Waals surface area contributed by atoms with Gasteiger partial charge in [-0.25, -0.2) is 0 Å². The maximum absolute atomic E-state index is 14.1. The second-order valence-corrected chi connectivity index (χ2v) is 16.0. The van der Waals surface area contributed by atoms with Crippen LogP contribution in [0.3, 0.4) is 0 Å². The van der Waals surface area contributed by atoms with Gasteiger partial charge in [-0.2, -0.15) is 0 Å². The fraction of sp³-hybridized carbons (Fsp3) is 0.944. The standard InChI is InChI=1S/C36H65NO13/c1-13-25-36(10,44)29(40)22(6)37(11)17-18(2)15-34(8,43)31(50-33-27(39)24(38)14-19(3)46-33)20(4)28(21(5)32(42)48-25)49-26-16-35(9,45-12)30(41)23(7)47-26/h18-23,25-31,33,39-41,43-44H,13-17H2,1-12H3/t18-,19-,20+,21+,22-,23+,25-,26+,27+,28+,29-,30+,31-,33+,34-,35-,36-/m1/s1. The quantitative estimate of drug-likeness (QED) is 0.248. The lowest BCUT2D eigenvalue weighted by Crippen LogP contribution is -2.59. The fourth-order valence-corrected chi connectivity index (χ4v) is 8.10. The van der Waals surface area contributed by atoms with Gasteiger partial charge in [-0.3, -0.25) is 9.59 Å². The number of nitrogens with zero attached hydrogens (tertiary/aromatic N) is 1. The third kappa shape index (κ3) is 9.43. The summed E-state index contributed by atoms with van der Waals surface area (Å²) in [5.41, 5.74) is -4.52. The van der Waals surface area contributed by atoms with E-state index in [9.17, 15) is 35.1 Å². The molecule has 292 valence electrons. The molecule has 0 amide bonds. The number of aliphatic hydroxyl groups excluding tert-OH is 3. The van der Waals surface area contributed by atoms with Crippen molar-refractivity contribution in [3.05, 3.63) is 0 Å². The highest BCUT2D eigenvalue weighted by atomic mass is 16.7. The fourth-order valence-electron chi connectivity index (χ4n) is 8.10. The second-order valence-electron chi connectivity index (χ2n) is 16.0. The summed E-state index contributed by atoms with van der Waals surface area (Å²) in [7, 11) is 3.28. The predicted octanol–water partition coefficient (Wildman–Crippen LogP) is 1.54. The minimum atomic E-state index is -1.82. The van der Waals surface area contributed by atoms with E-state index in [1.165, 1.54) is 14.0 Å². The van der Waals surface area contributed by atoms with E-state index in [-0.39, 0.29) is 31.6 Å². The number of hydrogen-bond donors (Lipinski definition) is 5. The molecular weight excluding hydrogens is 654 g/mol. The number of ether oxygens (including phenoxy) is 6. The van der Waals surface area contributed by atoms with Crippen LogP contribution >= 0.6 is 0 Å². The topological polar surface area (TPSA) is 194 Å². The predicted molar refractivity (Wildman–Crippen MR) is 182 cm³/mol. The summed E-state index contributed by atoms with van der Waals surface area (Å²) in [4.78, 5) is 28.6. The molecule has 3 fully saturated rings. The monoisotopic (exact) mass is 719 g/mol. The Balaban J connectivity index is 2.16. The number of aliphatic hydroxyl groups is 5. The van der Waals surface area contributed by atoms with Gasteiger partial charge in [0.25, 0.3) is 0 Å². The first-order valence-electron chi connectivity index (χ1n) is 18.1. The molecule has 3 heterocycles.